The second-order valence-electron chi connectivity index (χ2n) is 2.32. The van der Waals surface area contributed by atoms with Gasteiger partial charge < -0.3 is 4.98 Å². The minimum atomic E-state index is 1.17. The van der Waals surface area contributed by atoms with Crippen molar-refractivity contribution in [2.24, 2.45) is 0 Å². The fourth-order valence-electron chi connectivity index (χ4n) is 0.825. The average molecular weight is 135 g/mol. The zero-order chi connectivity index (χ0) is 7.23. The lowest BCUT2D eigenvalue weighted by atomic mass is 10.3. The van der Waals surface area contributed by atoms with Crippen LogP contribution in [-0.4, -0.2) is 4.98 Å². The van der Waals surface area contributed by atoms with Crippen LogP contribution in [0.1, 0.15) is 25.5 Å². The Morgan fingerprint density at radius 3 is 3.10 bits per heavy atom. The van der Waals surface area contributed by atoms with E-state index in [9.17, 15) is 0 Å². The van der Waals surface area contributed by atoms with Gasteiger partial charge in [-0.25, -0.2) is 0 Å². The summed E-state index contributed by atoms with van der Waals surface area (Å²) in [7, 11) is 0. The number of rotatable bonds is 3. The van der Waals surface area contributed by atoms with Gasteiger partial charge in [0.15, 0.2) is 0 Å². The summed E-state index contributed by atoms with van der Waals surface area (Å²) in [6.45, 7) is 2.18. The van der Waals surface area contributed by atoms with Gasteiger partial charge in [0.1, 0.15) is 0 Å². The van der Waals surface area contributed by atoms with Crippen molar-refractivity contribution in [2.45, 2.75) is 19.8 Å². The number of nitrogens with one attached hydrogen (secondary N) is 1. The van der Waals surface area contributed by atoms with Gasteiger partial charge in [0, 0.05) is 11.9 Å². The van der Waals surface area contributed by atoms with Crippen LogP contribution in [0.4, 0.5) is 0 Å². The quantitative estimate of drug-likeness (QED) is 0.656. The fourth-order valence-corrected chi connectivity index (χ4v) is 0.825. The number of aromatic nitrogens is 1. The fraction of sp³-hybridized carbons (Fsp3) is 0.333. The highest BCUT2D eigenvalue weighted by Gasteiger charge is 1.81. The van der Waals surface area contributed by atoms with Crippen LogP contribution in [0.5, 0.6) is 0 Å². The molecule has 0 aromatic carbocycles. The molecule has 1 rings (SSSR count). The predicted octanol–water partition coefficient (Wildman–Crippen LogP) is 2.83. The van der Waals surface area contributed by atoms with Crippen LogP contribution in [0.2, 0.25) is 0 Å². The van der Waals surface area contributed by atoms with Crippen LogP contribution in [-0.2, 0) is 0 Å². The van der Waals surface area contributed by atoms with Gasteiger partial charge in [-0.2, -0.15) is 0 Å². The first-order chi connectivity index (χ1) is 4.93. The van der Waals surface area contributed by atoms with E-state index >= 15 is 0 Å². The standard InChI is InChI=1S/C9H13N/c1-2-3-4-6-9-7-5-8-10-9/h4-8,10H,2-3H2,1H3/b6-4+. The van der Waals surface area contributed by atoms with E-state index < -0.39 is 0 Å². The van der Waals surface area contributed by atoms with Crippen LogP contribution < -0.4 is 0 Å². The van der Waals surface area contributed by atoms with E-state index in [4.69, 9.17) is 0 Å². The van der Waals surface area contributed by atoms with Gasteiger partial charge >= 0.3 is 0 Å². The molecule has 0 saturated carbocycles. The summed E-state index contributed by atoms with van der Waals surface area (Å²) in [5.41, 5.74) is 1.19. The summed E-state index contributed by atoms with van der Waals surface area (Å²) in [5, 5.41) is 0. The van der Waals surface area contributed by atoms with E-state index in [1.165, 1.54) is 18.5 Å². The maximum absolute atomic E-state index is 3.11. The molecule has 54 valence electrons. The first-order valence-corrected chi connectivity index (χ1v) is 3.73. The SMILES string of the molecule is CCC/C=C/c1ccc[nH]1. The minimum Gasteiger partial charge on any atom is -0.362 e. The lowest BCUT2D eigenvalue weighted by molar-refractivity contribution is 0.962. The molecule has 0 bridgehead atoms. The van der Waals surface area contributed by atoms with E-state index in [0.717, 1.165) is 0 Å². The molecule has 0 aliphatic rings. The first kappa shape index (κ1) is 7.13. The van der Waals surface area contributed by atoms with E-state index in [2.05, 4.69) is 30.1 Å². The summed E-state index contributed by atoms with van der Waals surface area (Å²) >= 11 is 0. The Morgan fingerprint density at radius 1 is 1.60 bits per heavy atom. The largest absolute Gasteiger partial charge is 0.362 e. The summed E-state index contributed by atoms with van der Waals surface area (Å²) in [5.74, 6) is 0. The van der Waals surface area contributed by atoms with E-state index in [0.29, 0.717) is 0 Å². The number of hydrogen-bond acceptors (Lipinski definition) is 0. The lowest BCUT2D eigenvalue weighted by Crippen LogP contribution is -1.67. The van der Waals surface area contributed by atoms with E-state index in [1.807, 2.05) is 12.3 Å². The van der Waals surface area contributed by atoms with Gasteiger partial charge in [-0.1, -0.05) is 19.4 Å². The van der Waals surface area contributed by atoms with Gasteiger partial charge in [0.2, 0.25) is 0 Å². The molecule has 1 heteroatoms. The second-order valence-corrected chi connectivity index (χ2v) is 2.32. The Morgan fingerprint density at radius 2 is 2.50 bits per heavy atom. The van der Waals surface area contributed by atoms with Crippen LogP contribution in [0.3, 0.4) is 0 Å². The maximum atomic E-state index is 3.11. The molecule has 0 amide bonds. The third-order valence-electron chi connectivity index (χ3n) is 1.37. The Hall–Kier alpha value is -0.980. The first-order valence-electron chi connectivity index (χ1n) is 3.73. The normalized spacial score (nSPS) is 10.9. The molecule has 0 spiro atoms. The number of unbranched alkanes of at least 4 members (excludes halogenated alkanes) is 1. The van der Waals surface area contributed by atoms with Crippen LogP contribution in [0, 0.1) is 0 Å². The van der Waals surface area contributed by atoms with E-state index in [1.54, 1.807) is 0 Å². The van der Waals surface area contributed by atoms with Crippen molar-refractivity contribution in [2.75, 3.05) is 0 Å². The molecule has 1 N–H and O–H groups in total. The van der Waals surface area contributed by atoms with E-state index in [-0.39, 0.29) is 0 Å². The molecule has 0 fully saturated rings. The van der Waals surface area contributed by atoms with Crippen LogP contribution in [0.15, 0.2) is 24.4 Å². The molecule has 0 radical (unpaired) electrons. The Balaban J connectivity index is 2.40. The highest BCUT2D eigenvalue weighted by molar-refractivity contribution is 5.43. The minimum absolute atomic E-state index is 1.17. The predicted molar refractivity (Wildman–Crippen MR) is 44.7 cm³/mol. The summed E-state index contributed by atoms with van der Waals surface area (Å²) < 4.78 is 0. The summed E-state index contributed by atoms with van der Waals surface area (Å²) in [4.78, 5) is 3.11. The Bertz CT molecular complexity index is 185. The van der Waals surface area contributed by atoms with Crippen molar-refractivity contribution < 1.29 is 0 Å². The third kappa shape index (κ3) is 2.09. The molecular weight excluding hydrogens is 122 g/mol. The van der Waals surface area contributed by atoms with Crippen molar-refractivity contribution in [3.63, 3.8) is 0 Å². The van der Waals surface area contributed by atoms with Gasteiger partial charge in [0.25, 0.3) is 0 Å². The molecule has 0 atom stereocenters. The summed E-state index contributed by atoms with van der Waals surface area (Å²) in [6.07, 6.45) is 8.62. The molecule has 0 unspecified atom stereocenters. The van der Waals surface area contributed by atoms with Gasteiger partial charge in [-0.3, -0.25) is 0 Å². The monoisotopic (exact) mass is 135 g/mol. The molecule has 10 heavy (non-hydrogen) atoms. The van der Waals surface area contributed by atoms with Crippen LogP contribution in [0.25, 0.3) is 6.08 Å². The summed E-state index contributed by atoms with van der Waals surface area (Å²) in [6, 6.07) is 4.07. The second kappa shape index (κ2) is 3.94. The zero-order valence-electron chi connectivity index (χ0n) is 6.30. The molecule has 0 aliphatic carbocycles. The number of hydrogen-bond donors (Lipinski definition) is 1. The highest BCUT2D eigenvalue weighted by atomic mass is 14.7. The Kier molecular flexibility index (Phi) is 2.81. The van der Waals surface area contributed by atoms with Crippen molar-refractivity contribution in [3.05, 3.63) is 30.1 Å². The maximum Gasteiger partial charge on any atom is 0.0377 e. The third-order valence-corrected chi connectivity index (χ3v) is 1.37. The van der Waals surface area contributed by atoms with Crippen LogP contribution >= 0.6 is 0 Å². The zero-order valence-corrected chi connectivity index (χ0v) is 6.30. The molecule has 1 aromatic rings. The molecule has 1 heterocycles. The van der Waals surface area contributed by atoms with Crippen molar-refractivity contribution in [1.82, 2.24) is 4.98 Å². The topological polar surface area (TPSA) is 15.8 Å². The van der Waals surface area contributed by atoms with Crippen molar-refractivity contribution >= 4 is 6.08 Å². The molecule has 0 aliphatic heterocycles. The van der Waals surface area contributed by atoms with Gasteiger partial charge in [-0.15, -0.1) is 0 Å². The van der Waals surface area contributed by atoms with Crippen molar-refractivity contribution in [3.8, 4) is 0 Å². The molecule has 1 aromatic heterocycles. The smallest absolute Gasteiger partial charge is 0.0377 e. The molecule has 0 saturated heterocycles. The Labute approximate surface area is 61.8 Å². The molecular formula is C9H13N. The lowest BCUT2D eigenvalue weighted by Gasteiger charge is -1.84. The average Bonchev–Trinajstić information content (AvgIpc) is 2.41. The highest BCUT2D eigenvalue weighted by Crippen LogP contribution is 1.99. The molecule has 1 nitrogen and oxygen atoms in total. The van der Waals surface area contributed by atoms with Gasteiger partial charge in [-0.05, 0) is 24.6 Å². The number of H-pyrrole nitrogens is 1. The number of aromatic amines is 1. The van der Waals surface area contributed by atoms with Crippen molar-refractivity contribution in [1.29, 1.82) is 0 Å². The van der Waals surface area contributed by atoms with Gasteiger partial charge in [0.05, 0.1) is 0 Å². The number of allylic oxidation sites excluding steroid dienone is 1.